The Morgan fingerprint density at radius 2 is 2.00 bits per heavy atom. The van der Waals surface area contributed by atoms with E-state index in [-0.39, 0.29) is 24.5 Å². The summed E-state index contributed by atoms with van der Waals surface area (Å²) in [4.78, 5) is 31.5. The molecule has 2 amide bonds. The smallest absolute Gasteiger partial charge is 0.257 e. The van der Waals surface area contributed by atoms with Crippen LogP contribution in [-0.2, 0) is 22.4 Å². The zero-order valence-electron chi connectivity index (χ0n) is 23.3. The average molecular weight is 554 g/mol. The molecule has 0 fully saturated rings. The number of ether oxygens (including phenoxy) is 3. The van der Waals surface area contributed by atoms with E-state index in [1.54, 1.807) is 7.11 Å². The number of amides is 2. The molecule has 3 aliphatic rings. The van der Waals surface area contributed by atoms with Crippen molar-refractivity contribution in [2.75, 3.05) is 33.4 Å². The van der Waals surface area contributed by atoms with E-state index in [4.69, 9.17) is 14.2 Å². The second-order valence-corrected chi connectivity index (χ2v) is 10.6. The number of fused-ring (bicyclic) bond motifs is 9. The lowest BCUT2D eigenvalue weighted by Crippen LogP contribution is -2.40. The summed E-state index contributed by atoms with van der Waals surface area (Å²) < 4.78 is 17.6. The molecule has 4 aromatic rings. The van der Waals surface area contributed by atoms with Gasteiger partial charge in [-0.2, -0.15) is 0 Å². The summed E-state index contributed by atoms with van der Waals surface area (Å²) in [6.07, 6.45) is 5.45. The van der Waals surface area contributed by atoms with E-state index in [2.05, 4.69) is 34.7 Å². The summed E-state index contributed by atoms with van der Waals surface area (Å²) in [6, 6.07) is 19.9. The maximum Gasteiger partial charge on any atom is 0.257 e. The number of para-hydroxylation sites is 1. The summed E-state index contributed by atoms with van der Waals surface area (Å²) in [7, 11) is 1.59. The number of aromatic nitrogens is 1. The van der Waals surface area contributed by atoms with Gasteiger partial charge in [-0.1, -0.05) is 30.3 Å². The molecule has 0 aliphatic carbocycles. The molecule has 0 radical (unpaired) electrons. The van der Waals surface area contributed by atoms with Crippen molar-refractivity contribution in [3.05, 3.63) is 89.1 Å². The van der Waals surface area contributed by atoms with Crippen molar-refractivity contribution in [3.63, 3.8) is 0 Å². The number of carbonyl (C=O) groups is 2. The minimum atomic E-state index is -0.290. The minimum absolute atomic E-state index is 0.0977. The van der Waals surface area contributed by atoms with Crippen LogP contribution in [0.4, 0.5) is 0 Å². The molecule has 0 saturated carbocycles. The first-order valence-corrected chi connectivity index (χ1v) is 14.3. The molecule has 0 spiro atoms. The summed E-state index contributed by atoms with van der Waals surface area (Å²) in [5, 5.41) is 4.08. The minimum Gasteiger partial charge on any atom is -0.494 e. The van der Waals surface area contributed by atoms with Crippen LogP contribution in [-0.4, -0.2) is 55.1 Å². The quantitative estimate of drug-likeness (QED) is 0.365. The topological polar surface area (TPSA) is 92.9 Å². The van der Waals surface area contributed by atoms with Gasteiger partial charge in [0.1, 0.15) is 5.75 Å². The number of benzene rings is 3. The van der Waals surface area contributed by atoms with Crippen LogP contribution in [0.3, 0.4) is 0 Å². The Morgan fingerprint density at radius 1 is 1.10 bits per heavy atom. The molecular weight excluding hydrogens is 518 g/mol. The van der Waals surface area contributed by atoms with Gasteiger partial charge in [0, 0.05) is 36.6 Å². The van der Waals surface area contributed by atoms with Crippen molar-refractivity contribution in [2.45, 2.75) is 38.1 Å². The Balaban J connectivity index is 1.30. The second-order valence-electron chi connectivity index (χ2n) is 10.6. The highest BCUT2D eigenvalue weighted by molar-refractivity contribution is 5.83. The lowest BCUT2D eigenvalue weighted by Gasteiger charge is -2.38. The lowest BCUT2D eigenvalue weighted by molar-refractivity contribution is -0.133. The monoisotopic (exact) mass is 553 g/mol. The summed E-state index contributed by atoms with van der Waals surface area (Å²) in [6.45, 7) is 1.45. The molecule has 1 aromatic heterocycles. The zero-order chi connectivity index (χ0) is 28.2. The van der Waals surface area contributed by atoms with E-state index in [0.29, 0.717) is 50.5 Å². The van der Waals surface area contributed by atoms with E-state index in [1.165, 1.54) is 10.9 Å². The first-order valence-electron chi connectivity index (χ1n) is 14.3. The highest BCUT2D eigenvalue weighted by Crippen LogP contribution is 2.42. The third-order valence-corrected chi connectivity index (χ3v) is 7.93. The maximum atomic E-state index is 13.8. The number of aromatic amines is 1. The molecule has 0 saturated heterocycles. The molecule has 6 bridgehead atoms. The Labute approximate surface area is 239 Å². The molecule has 4 heterocycles. The van der Waals surface area contributed by atoms with Gasteiger partial charge in [-0.25, -0.2) is 0 Å². The molecule has 41 heavy (non-hydrogen) atoms. The van der Waals surface area contributed by atoms with E-state index >= 15 is 0 Å². The molecule has 8 heteroatoms. The van der Waals surface area contributed by atoms with E-state index in [9.17, 15) is 9.59 Å². The molecule has 8 nitrogen and oxygen atoms in total. The molecule has 3 aliphatic heterocycles. The number of nitrogens with one attached hydrogen (secondary N) is 2. The first-order chi connectivity index (χ1) is 20.1. The Bertz CT molecular complexity index is 1560. The maximum absolute atomic E-state index is 13.8. The number of hydrogen-bond donors (Lipinski definition) is 2. The molecule has 1 atom stereocenters. The highest BCUT2D eigenvalue weighted by Gasteiger charge is 2.33. The van der Waals surface area contributed by atoms with Crippen molar-refractivity contribution >= 4 is 22.7 Å². The van der Waals surface area contributed by atoms with Crippen LogP contribution in [0.15, 0.2) is 66.9 Å². The fourth-order valence-electron chi connectivity index (χ4n) is 5.90. The van der Waals surface area contributed by atoms with Crippen LogP contribution < -0.4 is 19.5 Å². The Hall–Kier alpha value is -4.46. The standard InChI is InChI=1S/C33H35N3O5/c1-39-29-19-27-22-13-15-36(32(38)12-5-8-24-20-35-28-11-3-2-10-26(24)28)33(27)23-7-4-9-25(17-23)40-16-6-14-34-31(37)21-41-30(29)18-22/h2-4,7,9-11,17-20,33,35H,5-6,8,12-16,21H2,1H3,(H,34,37). The summed E-state index contributed by atoms with van der Waals surface area (Å²) in [5.74, 6) is 1.74. The number of methoxy groups -OCH3 is 1. The van der Waals surface area contributed by atoms with Gasteiger partial charge >= 0.3 is 0 Å². The van der Waals surface area contributed by atoms with Crippen LogP contribution in [0.5, 0.6) is 17.2 Å². The lowest BCUT2D eigenvalue weighted by atomic mass is 9.87. The van der Waals surface area contributed by atoms with Crippen LogP contribution in [0.1, 0.15) is 47.6 Å². The van der Waals surface area contributed by atoms with Gasteiger partial charge < -0.3 is 29.4 Å². The average Bonchev–Trinajstić information content (AvgIpc) is 3.41. The van der Waals surface area contributed by atoms with Gasteiger partial charge in [-0.05, 0) is 78.3 Å². The Kier molecular flexibility index (Phi) is 7.80. The van der Waals surface area contributed by atoms with Crippen molar-refractivity contribution in [2.24, 2.45) is 0 Å². The van der Waals surface area contributed by atoms with Gasteiger partial charge in [-0.3, -0.25) is 9.59 Å². The zero-order valence-corrected chi connectivity index (χ0v) is 23.3. The number of aryl methyl sites for hydroxylation is 1. The van der Waals surface area contributed by atoms with Gasteiger partial charge in [0.25, 0.3) is 5.91 Å². The number of H-pyrrole nitrogens is 1. The number of hydrogen-bond acceptors (Lipinski definition) is 5. The van der Waals surface area contributed by atoms with Gasteiger partial charge in [0.05, 0.1) is 19.8 Å². The van der Waals surface area contributed by atoms with Crippen LogP contribution in [0, 0.1) is 0 Å². The molecular formula is C33H35N3O5. The Morgan fingerprint density at radius 3 is 2.90 bits per heavy atom. The highest BCUT2D eigenvalue weighted by atomic mass is 16.5. The van der Waals surface area contributed by atoms with Crippen LogP contribution in [0.25, 0.3) is 10.9 Å². The number of carbonyl (C=O) groups excluding carboxylic acids is 2. The van der Waals surface area contributed by atoms with E-state index in [0.717, 1.165) is 40.8 Å². The van der Waals surface area contributed by atoms with Crippen molar-refractivity contribution in [3.8, 4) is 17.2 Å². The van der Waals surface area contributed by atoms with Gasteiger partial charge in [-0.15, -0.1) is 0 Å². The summed E-state index contributed by atoms with van der Waals surface area (Å²) in [5.41, 5.74) is 5.42. The SMILES string of the molecule is COc1cc2c3cc1OCC(=O)NCCCOc1cccc(c1)C2N(C(=O)CCCc1c[nH]c2ccccc12)CC3. The van der Waals surface area contributed by atoms with Crippen molar-refractivity contribution in [1.82, 2.24) is 15.2 Å². The third-order valence-electron chi connectivity index (χ3n) is 7.93. The molecule has 1 unspecified atom stereocenters. The third kappa shape index (κ3) is 5.73. The van der Waals surface area contributed by atoms with Gasteiger partial charge in [0.2, 0.25) is 5.91 Å². The molecule has 3 aromatic carbocycles. The molecule has 2 N–H and O–H groups in total. The predicted molar refractivity (Wildman–Crippen MR) is 157 cm³/mol. The van der Waals surface area contributed by atoms with Crippen molar-refractivity contribution in [1.29, 1.82) is 0 Å². The number of nitrogens with zero attached hydrogens (tertiary/aromatic N) is 1. The van der Waals surface area contributed by atoms with Crippen LogP contribution >= 0.6 is 0 Å². The fourth-order valence-corrected chi connectivity index (χ4v) is 5.90. The molecule has 212 valence electrons. The van der Waals surface area contributed by atoms with Crippen LogP contribution in [0.2, 0.25) is 0 Å². The van der Waals surface area contributed by atoms with E-state index < -0.39 is 0 Å². The normalized spacial score (nSPS) is 17.0. The predicted octanol–water partition coefficient (Wildman–Crippen LogP) is 4.95. The summed E-state index contributed by atoms with van der Waals surface area (Å²) >= 11 is 0. The van der Waals surface area contributed by atoms with E-state index in [1.807, 2.05) is 47.4 Å². The first kappa shape index (κ1) is 26.7. The fraction of sp³-hybridized carbons (Fsp3) is 0.333. The largest absolute Gasteiger partial charge is 0.494 e. The molecule has 7 rings (SSSR count). The second kappa shape index (κ2) is 12.0. The van der Waals surface area contributed by atoms with Gasteiger partial charge in [0.15, 0.2) is 18.1 Å². The van der Waals surface area contributed by atoms with Crippen molar-refractivity contribution < 1.29 is 23.8 Å². The number of rotatable bonds is 5.